The minimum atomic E-state index is -0.119. The van der Waals surface area contributed by atoms with Crippen molar-refractivity contribution < 1.29 is 14.3 Å². The second-order valence-electron chi connectivity index (χ2n) is 6.87. The Morgan fingerprint density at radius 2 is 1.93 bits per heavy atom. The molecule has 2 aliphatic rings. The number of ether oxygens (including phenoxy) is 1. The molecule has 0 unspecified atom stereocenters. The molecule has 1 fully saturated rings. The smallest absolute Gasteiger partial charge is 0.227 e. The number of H-pyrrole nitrogens is 1. The molecule has 6 nitrogen and oxygen atoms in total. The zero-order chi connectivity index (χ0) is 18.5. The molecule has 1 saturated carbocycles. The summed E-state index contributed by atoms with van der Waals surface area (Å²) in [6.07, 6.45) is 1.83. The summed E-state index contributed by atoms with van der Waals surface area (Å²) >= 11 is 0. The summed E-state index contributed by atoms with van der Waals surface area (Å²) in [6.45, 7) is 0. The number of aromatic nitrogens is 2. The molecule has 2 aromatic carbocycles. The quantitative estimate of drug-likeness (QED) is 0.583. The molecule has 0 aliphatic heterocycles. The SMILES string of the molecule is COc1ccc(-c2n[nH]c3c2C(=O)c2c(NC(=O)C4CC4)cccc2-3)cc1. The van der Waals surface area contributed by atoms with Gasteiger partial charge in [0, 0.05) is 17.0 Å². The lowest BCUT2D eigenvalue weighted by molar-refractivity contribution is -0.117. The van der Waals surface area contributed by atoms with E-state index in [1.54, 1.807) is 13.2 Å². The van der Waals surface area contributed by atoms with Crippen LogP contribution in [0.2, 0.25) is 0 Å². The molecule has 5 rings (SSSR count). The van der Waals surface area contributed by atoms with Gasteiger partial charge in [0.15, 0.2) is 5.78 Å². The Kier molecular flexibility index (Phi) is 3.40. The molecular weight excluding hydrogens is 342 g/mol. The number of nitrogens with zero attached hydrogens (tertiary/aromatic N) is 1. The third-order valence-corrected chi connectivity index (χ3v) is 5.12. The number of carbonyl (C=O) groups excluding carboxylic acids is 2. The van der Waals surface area contributed by atoms with Crippen LogP contribution in [0.5, 0.6) is 5.75 Å². The largest absolute Gasteiger partial charge is 0.497 e. The maximum absolute atomic E-state index is 13.2. The summed E-state index contributed by atoms with van der Waals surface area (Å²) in [5, 5.41) is 10.3. The molecule has 1 amide bonds. The molecule has 27 heavy (non-hydrogen) atoms. The lowest BCUT2D eigenvalue weighted by atomic mass is 10.0. The van der Waals surface area contributed by atoms with Crippen molar-refractivity contribution in [3.05, 3.63) is 53.6 Å². The number of fused-ring (bicyclic) bond motifs is 3. The van der Waals surface area contributed by atoms with Gasteiger partial charge in [-0.3, -0.25) is 14.7 Å². The van der Waals surface area contributed by atoms with Crippen LogP contribution in [-0.2, 0) is 4.79 Å². The van der Waals surface area contributed by atoms with Gasteiger partial charge in [0.2, 0.25) is 5.91 Å². The van der Waals surface area contributed by atoms with Crippen LogP contribution < -0.4 is 10.1 Å². The average molecular weight is 359 g/mol. The maximum Gasteiger partial charge on any atom is 0.227 e. The summed E-state index contributed by atoms with van der Waals surface area (Å²) in [5.41, 5.74) is 4.55. The summed E-state index contributed by atoms with van der Waals surface area (Å²) in [7, 11) is 1.61. The number of methoxy groups -OCH3 is 1. The minimum absolute atomic E-state index is 0.0136. The molecule has 0 bridgehead atoms. The second-order valence-corrected chi connectivity index (χ2v) is 6.87. The first-order valence-corrected chi connectivity index (χ1v) is 8.89. The minimum Gasteiger partial charge on any atom is -0.497 e. The van der Waals surface area contributed by atoms with Crippen LogP contribution in [0.3, 0.4) is 0 Å². The number of amides is 1. The summed E-state index contributed by atoms with van der Waals surface area (Å²) < 4.78 is 5.19. The fraction of sp³-hybridized carbons (Fsp3) is 0.190. The topological polar surface area (TPSA) is 84.1 Å². The summed E-state index contributed by atoms with van der Waals surface area (Å²) in [6, 6.07) is 12.9. The van der Waals surface area contributed by atoms with Gasteiger partial charge in [-0.25, -0.2) is 0 Å². The normalized spacial score (nSPS) is 14.6. The van der Waals surface area contributed by atoms with Crippen molar-refractivity contribution in [2.24, 2.45) is 5.92 Å². The second kappa shape index (κ2) is 5.81. The fourth-order valence-electron chi connectivity index (χ4n) is 3.53. The van der Waals surface area contributed by atoms with Gasteiger partial charge >= 0.3 is 0 Å². The molecule has 0 saturated heterocycles. The van der Waals surface area contributed by atoms with E-state index >= 15 is 0 Å². The highest BCUT2D eigenvalue weighted by molar-refractivity contribution is 6.27. The zero-order valence-electron chi connectivity index (χ0n) is 14.7. The summed E-state index contributed by atoms with van der Waals surface area (Å²) in [4.78, 5) is 25.4. The Morgan fingerprint density at radius 3 is 2.63 bits per heavy atom. The number of benzene rings is 2. The molecule has 0 spiro atoms. The van der Waals surface area contributed by atoms with Crippen LogP contribution in [0, 0.1) is 5.92 Å². The van der Waals surface area contributed by atoms with Crippen molar-refractivity contribution in [3.63, 3.8) is 0 Å². The first kappa shape index (κ1) is 15.8. The third-order valence-electron chi connectivity index (χ3n) is 5.12. The van der Waals surface area contributed by atoms with Crippen molar-refractivity contribution >= 4 is 17.4 Å². The van der Waals surface area contributed by atoms with E-state index in [1.165, 1.54) is 0 Å². The first-order valence-electron chi connectivity index (χ1n) is 8.89. The van der Waals surface area contributed by atoms with Gasteiger partial charge in [-0.05, 0) is 43.2 Å². The van der Waals surface area contributed by atoms with Gasteiger partial charge in [-0.15, -0.1) is 0 Å². The molecule has 1 aromatic heterocycles. The number of rotatable bonds is 4. The van der Waals surface area contributed by atoms with Crippen molar-refractivity contribution in [1.82, 2.24) is 10.2 Å². The van der Waals surface area contributed by atoms with E-state index in [4.69, 9.17) is 4.74 Å². The maximum atomic E-state index is 13.2. The van der Waals surface area contributed by atoms with E-state index in [9.17, 15) is 9.59 Å². The number of nitrogens with one attached hydrogen (secondary N) is 2. The Bertz CT molecular complexity index is 1080. The Hall–Kier alpha value is -3.41. The van der Waals surface area contributed by atoms with Crippen LogP contribution in [0.1, 0.15) is 28.8 Å². The number of anilines is 1. The Morgan fingerprint density at radius 1 is 1.15 bits per heavy atom. The van der Waals surface area contributed by atoms with E-state index in [0.717, 1.165) is 29.7 Å². The molecule has 134 valence electrons. The van der Waals surface area contributed by atoms with Crippen LogP contribution in [0.15, 0.2) is 42.5 Å². The van der Waals surface area contributed by atoms with Crippen LogP contribution >= 0.6 is 0 Å². The van der Waals surface area contributed by atoms with Crippen LogP contribution in [-0.4, -0.2) is 29.0 Å². The van der Waals surface area contributed by atoms with Crippen molar-refractivity contribution in [3.8, 4) is 28.3 Å². The van der Waals surface area contributed by atoms with E-state index in [0.29, 0.717) is 28.2 Å². The number of carbonyl (C=O) groups is 2. The molecule has 0 radical (unpaired) electrons. The molecule has 1 heterocycles. The Labute approximate surface area is 155 Å². The average Bonchev–Trinajstić information content (AvgIpc) is 3.39. The van der Waals surface area contributed by atoms with Crippen LogP contribution in [0.4, 0.5) is 5.69 Å². The van der Waals surface area contributed by atoms with Gasteiger partial charge < -0.3 is 10.1 Å². The van der Waals surface area contributed by atoms with Crippen molar-refractivity contribution in [2.45, 2.75) is 12.8 Å². The predicted octanol–water partition coefficient (Wildman–Crippen LogP) is 3.65. The van der Waals surface area contributed by atoms with E-state index in [1.807, 2.05) is 36.4 Å². The van der Waals surface area contributed by atoms with E-state index in [2.05, 4.69) is 15.5 Å². The molecule has 6 heteroatoms. The number of hydrogen-bond donors (Lipinski definition) is 2. The molecular formula is C21H17N3O3. The monoisotopic (exact) mass is 359 g/mol. The molecule has 0 atom stereocenters. The molecule has 3 aromatic rings. The first-order chi connectivity index (χ1) is 13.2. The zero-order valence-corrected chi connectivity index (χ0v) is 14.7. The number of aromatic amines is 1. The molecule has 2 aliphatic carbocycles. The fourth-order valence-corrected chi connectivity index (χ4v) is 3.53. The highest BCUT2D eigenvalue weighted by atomic mass is 16.5. The van der Waals surface area contributed by atoms with Crippen molar-refractivity contribution in [2.75, 3.05) is 12.4 Å². The molecule has 2 N–H and O–H groups in total. The van der Waals surface area contributed by atoms with E-state index < -0.39 is 0 Å². The highest BCUT2D eigenvalue weighted by Crippen LogP contribution is 2.43. The third kappa shape index (κ3) is 2.44. The van der Waals surface area contributed by atoms with Crippen molar-refractivity contribution in [1.29, 1.82) is 0 Å². The predicted molar refractivity (Wildman–Crippen MR) is 101 cm³/mol. The summed E-state index contributed by atoms with van der Waals surface area (Å²) in [5.74, 6) is 0.684. The van der Waals surface area contributed by atoms with Gasteiger partial charge in [0.1, 0.15) is 11.4 Å². The number of ketones is 1. The van der Waals surface area contributed by atoms with Gasteiger partial charge in [0.25, 0.3) is 0 Å². The van der Waals surface area contributed by atoms with Gasteiger partial charge in [-0.1, -0.05) is 12.1 Å². The lowest BCUT2D eigenvalue weighted by Gasteiger charge is -2.09. The van der Waals surface area contributed by atoms with Gasteiger partial charge in [-0.2, -0.15) is 5.10 Å². The van der Waals surface area contributed by atoms with Gasteiger partial charge in [0.05, 0.1) is 29.6 Å². The highest BCUT2D eigenvalue weighted by Gasteiger charge is 2.36. The Balaban J connectivity index is 1.57. The van der Waals surface area contributed by atoms with Crippen LogP contribution in [0.25, 0.3) is 22.5 Å². The van der Waals surface area contributed by atoms with E-state index in [-0.39, 0.29) is 17.6 Å². The lowest BCUT2D eigenvalue weighted by Crippen LogP contribution is -2.15. The standard InChI is InChI=1S/C21H17N3O3/c1-27-13-9-7-11(8-10-13)18-17-19(24-23-18)14-3-2-4-15(16(14)20(17)25)22-21(26)12-5-6-12/h2-4,7-10,12H,5-6H2,1H3,(H,22,26)(H,23,24). The number of hydrogen-bond acceptors (Lipinski definition) is 4.